The van der Waals surface area contributed by atoms with Crippen molar-refractivity contribution in [2.75, 3.05) is 12.3 Å². The van der Waals surface area contributed by atoms with Gasteiger partial charge >= 0.3 is 0 Å². The van der Waals surface area contributed by atoms with E-state index in [1.807, 2.05) is 6.07 Å². The molecule has 2 rings (SSSR count). The summed E-state index contributed by atoms with van der Waals surface area (Å²) >= 11 is 0. The maximum atomic E-state index is 9.18. The second-order valence-corrected chi connectivity index (χ2v) is 3.46. The zero-order valence-corrected chi connectivity index (χ0v) is 7.46. The lowest BCUT2D eigenvalue weighted by Crippen LogP contribution is -2.14. The van der Waals surface area contributed by atoms with Gasteiger partial charge in [-0.2, -0.15) is 0 Å². The maximum Gasteiger partial charge on any atom is 0.117 e. The molecule has 0 amide bonds. The van der Waals surface area contributed by atoms with Crippen LogP contribution in [0.5, 0.6) is 5.75 Å². The maximum absolute atomic E-state index is 9.18. The quantitative estimate of drug-likeness (QED) is 0.570. The SMILES string of the molecule is Nc1cc(O)ccc1C1CCCN1. The van der Waals surface area contributed by atoms with Crippen LogP contribution in [0.4, 0.5) is 5.69 Å². The van der Waals surface area contributed by atoms with Gasteiger partial charge in [-0.1, -0.05) is 6.07 Å². The normalized spacial score (nSPS) is 22.0. The van der Waals surface area contributed by atoms with E-state index in [1.54, 1.807) is 12.1 Å². The molecule has 1 aliphatic heterocycles. The Labute approximate surface area is 77.6 Å². The third kappa shape index (κ3) is 1.60. The fourth-order valence-electron chi connectivity index (χ4n) is 1.83. The summed E-state index contributed by atoms with van der Waals surface area (Å²) < 4.78 is 0. The molecule has 1 aromatic carbocycles. The van der Waals surface area contributed by atoms with E-state index in [-0.39, 0.29) is 5.75 Å². The van der Waals surface area contributed by atoms with Gasteiger partial charge in [0.2, 0.25) is 0 Å². The van der Waals surface area contributed by atoms with E-state index in [0.717, 1.165) is 18.5 Å². The van der Waals surface area contributed by atoms with Gasteiger partial charge in [-0.15, -0.1) is 0 Å². The predicted octanol–water partition coefficient (Wildman–Crippen LogP) is 1.40. The fraction of sp³-hybridized carbons (Fsp3) is 0.400. The highest BCUT2D eigenvalue weighted by Gasteiger charge is 2.17. The van der Waals surface area contributed by atoms with Crippen molar-refractivity contribution in [2.45, 2.75) is 18.9 Å². The van der Waals surface area contributed by atoms with Crippen molar-refractivity contribution < 1.29 is 5.11 Å². The topological polar surface area (TPSA) is 58.3 Å². The minimum Gasteiger partial charge on any atom is -0.508 e. The number of benzene rings is 1. The second kappa shape index (κ2) is 3.26. The van der Waals surface area contributed by atoms with E-state index < -0.39 is 0 Å². The van der Waals surface area contributed by atoms with Gasteiger partial charge in [0.1, 0.15) is 5.75 Å². The lowest BCUT2D eigenvalue weighted by Gasteiger charge is -2.13. The predicted molar refractivity (Wildman–Crippen MR) is 52.5 cm³/mol. The van der Waals surface area contributed by atoms with Crippen molar-refractivity contribution in [3.05, 3.63) is 23.8 Å². The first-order chi connectivity index (χ1) is 6.27. The molecule has 1 fully saturated rings. The van der Waals surface area contributed by atoms with Crippen LogP contribution < -0.4 is 11.1 Å². The van der Waals surface area contributed by atoms with Gasteiger partial charge < -0.3 is 16.2 Å². The van der Waals surface area contributed by atoms with E-state index in [1.165, 1.54) is 6.42 Å². The molecule has 3 heteroatoms. The zero-order valence-electron chi connectivity index (χ0n) is 7.46. The Kier molecular flexibility index (Phi) is 2.10. The van der Waals surface area contributed by atoms with Gasteiger partial charge in [0.05, 0.1) is 0 Å². The molecule has 70 valence electrons. The van der Waals surface area contributed by atoms with Gasteiger partial charge in [0.25, 0.3) is 0 Å². The van der Waals surface area contributed by atoms with Gasteiger partial charge in [-0.3, -0.25) is 0 Å². The van der Waals surface area contributed by atoms with E-state index in [4.69, 9.17) is 5.73 Å². The van der Waals surface area contributed by atoms with Crippen molar-refractivity contribution in [3.8, 4) is 5.75 Å². The Morgan fingerprint density at radius 3 is 2.92 bits per heavy atom. The van der Waals surface area contributed by atoms with Crippen LogP contribution >= 0.6 is 0 Å². The lowest BCUT2D eigenvalue weighted by atomic mass is 10.0. The van der Waals surface area contributed by atoms with Crippen LogP contribution in [0.1, 0.15) is 24.4 Å². The first kappa shape index (κ1) is 8.38. The first-order valence-electron chi connectivity index (χ1n) is 4.59. The van der Waals surface area contributed by atoms with Crippen LogP contribution in [0.15, 0.2) is 18.2 Å². The molecule has 0 bridgehead atoms. The first-order valence-corrected chi connectivity index (χ1v) is 4.59. The third-order valence-electron chi connectivity index (χ3n) is 2.51. The summed E-state index contributed by atoms with van der Waals surface area (Å²) in [6.07, 6.45) is 2.33. The Balaban J connectivity index is 2.29. The van der Waals surface area contributed by atoms with Gasteiger partial charge in [0, 0.05) is 17.8 Å². The Morgan fingerprint density at radius 1 is 1.46 bits per heavy atom. The number of phenolic OH excluding ortho intramolecular Hbond substituents is 1. The summed E-state index contributed by atoms with van der Waals surface area (Å²) in [5, 5.41) is 12.6. The van der Waals surface area contributed by atoms with Gasteiger partial charge in [-0.05, 0) is 31.0 Å². The van der Waals surface area contributed by atoms with Crippen LogP contribution in [0.2, 0.25) is 0 Å². The number of phenols is 1. The van der Waals surface area contributed by atoms with Gasteiger partial charge in [-0.25, -0.2) is 0 Å². The Bertz CT molecular complexity index is 306. The van der Waals surface area contributed by atoms with E-state index in [9.17, 15) is 5.11 Å². The van der Waals surface area contributed by atoms with Crippen LogP contribution in [0, 0.1) is 0 Å². The van der Waals surface area contributed by atoms with Crippen molar-refractivity contribution in [1.29, 1.82) is 0 Å². The molecule has 0 saturated carbocycles. The molecule has 1 aliphatic rings. The summed E-state index contributed by atoms with van der Waals surface area (Å²) in [6.45, 7) is 1.06. The monoisotopic (exact) mass is 178 g/mol. The molecule has 0 radical (unpaired) electrons. The number of nitrogens with two attached hydrogens (primary N) is 1. The minimum atomic E-state index is 0.235. The average Bonchev–Trinajstić information content (AvgIpc) is 2.56. The highest BCUT2D eigenvalue weighted by Crippen LogP contribution is 2.29. The fourth-order valence-corrected chi connectivity index (χ4v) is 1.83. The molecule has 1 saturated heterocycles. The number of hydrogen-bond acceptors (Lipinski definition) is 3. The number of nitrogens with one attached hydrogen (secondary N) is 1. The van der Waals surface area contributed by atoms with Crippen LogP contribution in [0.25, 0.3) is 0 Å². The zero-order chi connectivity index (χ0) is 9.26. The Hall–Kier alpha value is -1.22. The summed E-state index contributed by atoms with van der Waals surface area (Å²) in [5.41, 5.74) is 7.59. The molecule has 1 atom stereocenters. The number of aromatic hydroxyl groups is 1. The van der Waals surface area contributed by atoms with E-state index in [0.29, 0.717) is 11.7 Å². The Morgan fingerprint density at radius 2 is 2.31 bits per heavy atom. The third-order valence-corrected chi connectivity index (χ3v) is 2.51. The lowest BCUT2D eigenvalue weighted by molar-refractivity contribution is 0.475. The second-order valence-electron chi connectivity index (χ2n) is 3.46. The molecule has 3 nitrogen and oxygen atoms in total. The van der Waals surface area contributed by atoms with Crippen LogP contribution in [-0.2, 0) is 0 Å². The largest absolute Gasteiger partial charge is 0.508 e. The molecule has 0 spiro atoms. The number of anilines is 1. The molecule has 13 heavy (non-hydrogen) atoms. The van der Waals surface area contributed by atoms with Crippen molar-refractivity contribution >= 4 is 5.69 Å². The summed E-state index contributed by atoms with van der Waals surface area (Å²) in [4.78, 5) is 0. The molecule has 0 aliphatic carbocycles. The van der Waals surface area contributed by atoms with Crippen molar-refractivity contribution in [1.82, 2.24) is 5.32 Å². The summed E-state index contributed by atoms with van der Waals surface area (Å²) in [7, 11) is 0. The number of hydrogen-bond donors (Lipinski definition) is 3. The van der Waals surface area contributed by atoms with Crippen molar-refractivity contribution in [3.63, 3.8) is 0 Å². The molecule has 1 unspecified atom stereocenters. The minimum absolute atomic E-state index is 0.235. The average molecular weight is 178 g/mol. The highest BCUT2D eigenvalue weighted by atomic mass is 16.3. The number of nitrogen functional groups attached to an aromatic ring is 1. The van der Waals surface area contributed by atoms with Gasteiger partial charge in [0.15, 0.2) is 0 Å². The molecule has 4 N–H and O–H groups in total. The standard InChI is InChI=1S/C10H14N2O/c11-9-6-7(13)3-4-8(9)10-2-1-5-12-10/h3-4,6,10,12-13H,1-2,5,11H2. The van der Waals surface area contributed by atoms with E-state index in [2.05, 4.69) is 5.32 Å². The molecule has 0 aromatic heterocycles. The molecule has 1 aromatic rings. The van der Waals surface area contributed by atoms with E-state index >= 15 is 0 Å². The highest BCUT2D eigenvalue weighted by molar-refractivity contribution is 5.52. The van der Waals surface area contributed by atoms with Crippen LogP contribution in [-0.4, -0.2) is 11.7 Å². The summed E-state index contributed by atoms with van der Waals surface area (Å²) in [6, 6.07) is 5.56. The number of rotatable bonds is 1. The van der Waals surface area contributed by atoms with Crippen LogP contribution in [0.3, 0.4) is 0 Å². The summed E-state index contributed by atoms with van der Waals surface area (Å²) in [5.74, 6) is 0.235. The molecule has 1 heterocycles. The molecular weight excluding hydrogens is 164 g/mol. The van der Waals surface area contributed by atoms with Crippen molar-refractivity contribution in [2.24, 2.45) is 0 Å². The molecular formula is C10H14N2O. The smallest absolute Gasteiger partial charge is 0.117 e.